The number of nitrogens with zero attached hydrogens (tertiary/aromatic N) is 2. The number of hydrogen-bond acceptors (Lipinski definition) is 3. The van der Waals surface area contributed by atoms with Crippen molar-refractivity contribution in [2.75, 3.05) is 32.7 Å². The summed E-state index contributed by atoms with van der Waals surface area (Å²) in [7, 11) is 0. The number of benzene rings is 1. The zero-order valence-electron chi connectivity index (χ0n) is 18.2. The second-order valence-corrected chi connectivity index (χ2v) is 8.45. The molecule has 0 unspecified atom stereocenters. The molecule has 1 aliphatic rings. The van der Waals surface area contributed by atoms with Gasteiger partial charge in [0.25, 0.3) is 0 Å². The Hall–Kier alpha value is -0.860. The molecule has 1 saturated heterocycles. The standard InChI is InChI=1S/C22H39N5.HI/c1-5-23-21(24-13-14-26-22(2,3)4)25-17-19-9-11-20(12-10-19)18-27-15-7-6-8-16-27;/h9-12,26H,5-8,13-18H2,1-4H3,(H2,23,24,25);1H. The van der Waals surface area contributed by atoms with Gasteiger partial charge in [-0.1, -0.05) is 30.7 Å². The fourth-order valence-electron chi connectivity index (χ4n) is 3.26. The van der Waals surface area contributed by atoms with Crippen LogP contribution in [-0.2, 0) is 13.1 Å². The van der Waals surface area contributed by atoms with E-state index in [1.54, 1.807) is 0 Å². The number of aliphatic imine (C=N–C) groups is 1. The monoisotopic (exact) mass is 501 g/mol. The van der Waals surface area contributed by atoms with Crippen LogP contribution >= 0.6 is 24.0 Å². The normalized spacial score (nSPS) is 15.8. The molecule has 0 amide bonds. The van der Waals surface area contributed by atoms with Crippen molar-refractivity contribution in [1.82, 2.24) is 20.9 Å². The second kappa shape index (κ2) is 13.4. The summed E-state index contributed by atoms with van der Waals surface area (Å²) in [5, 5.41) is 10.2. The van der Waals surface area contributed by atoms with Crippen LogP contribution in [0.4, 0.5) is 0 Å². The molecule has 2 rings (SSSR count). The zero-order valence-corrected chi connectivity index (χ0v) is 20.5. The van der Waals surface area contributed by atoms with Gasteiger partial charge in [-0.15, -0.1) is 24.0 Å². The molecular formula is C22H40IN5. The van der Waals surface area contributed by atoms with Gasteiger partial charge in [-0.05, 0) is 64.8 Å². The minimum atomic E-state index is 0. The Morgan fingerprint density at radius 2 is 1.61 bits per heavy atom. The van der Waals surface area contributed by atoms with E-state index < -0.39 is 0 Å². The molecule has 0 aromatic heterocycles. The third kappa shape index (κ3) is 10.6. The van der Waals surface area contributed by atoms with Crippen molar-refractivity contribution in [2.45, 2.75) is 65.6 Å². The minimum Gasteiger partial charge on any atom is -0.357 e. The highest BCUT2D eigenvalue weighted by Gasteiger charge is 2.10. The average molecular weight is 502 g/mol. The molecule has 6 heteroatoms. The summed E-state index contributed by atoms with van der Waals surface area (Å²) in [5.74, 6) is 0.880. The molecule has 0 bridgehead atoms. The van der Waals surface area contributed by atoms with Crippen LogP contribution in [0.25, 0.3) is 0 Å². The van der Waals surface area contributed by atoms with Crippen LogP contribution in [0.15, 0.2) is 29.3 Å². The Kier molecular flexibility index (Phi) is 12.0. The number of hydrogen-bond donors (Lipinski definition) is 3. The van der Waals surface area contributed by atoms with Crippen molar-refractivity contribution < 1.29 is 0 Å². The van der Waals surface area contributed by atoms with Crippen molar-refractivity contribution in [3.05, 3.63) is 35.4 Å². The predicted octanol–water partition coefficient (Wildman–Crippen LogP) is 3.73. The first-order valence-corrected chi connectivity index (χ1v) is 10.5. The Morgan fingerprint density at radius 3 is 2.21 bits per heavy atom. The fraction of sp³-hybridized carbons (Fsp3) is 0.682. The van der Waals surface area contributed by atoms with Gasteiger partial charge < -0.3 is 16.0 Å². The van der Waals surface area contributed by atoms with E-state index in [-0.39, 0.29) is 29.5 Å². The summed E-state index contributed by atoms with van der Waals surface area (Å²) < 4.78 is 0. The molecule has 1 aromatic carbocycles. The molecule has 1 heterocycles. The van der Waals surface area contributed by atoms with Crippen LogP contribution < -0.4 is 16.0 Å². The van der Waals surface area contributed by atoms with Crippen molar-refractivity contribution in [3.8, 4) is 0 Å². The summed E-state index contributed by atoms with van der Waals surface area (Å²) in [6.45, 7) is 15.6. The second-order valence-electron chi connectivity index (χ2n) is 8.45. The molecule has 0 aliphatic carbocycles. The van der Waals surface area contributed by atoms with Crippen LogP contribution in [0.2, 0.25) is 0 Å². The highest BCUT2D eigenvalue weighted by Crippen LogP contribution is 2.14. The van der Waals surface area contributed by atoms with E-state index in [1.165, 1.54) is 43.5 Å². The lowest BCUT2D eigenvalue weighted by atomic mass is 10.1. The van der Waals surface area contributed by atoms with Gasteiger partial charge in [-0.25, -0.2) is 4.99 Å². The van der Waals surface area contributed by atoms with Crippen LogP contribution in [0.3, 0.4) is 0 Å². The lowest BCUT2D eigenvalue weighted by Gasteiger charge is -2.26. The molecule has 0 radical (unpaired) electrons. The van der Waals surface area contributed by atoms with Crippen molar-refractivity contribution in [3.63, 3.8) is 0 Å². The molecule has 1 fully saturated rings. The number of rotatable bonds is 8. The number of nitrogens with one attached hydrogen (secondary N) is 3. The van der Waals surface area contributed by atoms with E-state index in [1.807, 2.05) is 0 Å². The minimum absolute atomic E-state index is 0. The molecule has 0 saturated carbocycles. The van der Waals surface area contributed by atoms with E-state index in [9.17, 15) is 0 Å². The van der Waals surface area contributed by atoms with Crippen molar-refractivity contribution in [2.24, 2.45) is 4.99 Å². The number of likely N-dealkylation sites (tertiary alicyclic amines) is 1. The Morgan fingerprint density at radius 1 is 0.964 bits per heavy atom. The lowest BCUT2D eigenvalue weighted by Crippen LogP contribution is -2.44. The van der Waals surface area contributed by atoms with Gasteiger partial charge in [0.05, 0.1) is 6.54 Å². The first-order chi connectivity index (χ1) is 13.0. The van der Waals surface area contributed by atoms with Gasteiger partial charge in [-0.3, -0.25) is 4.90 Å². The zero-order chi connectivity index (χ0) is 19.5. The summed E-state index contributed by atoms with van der Waals surface area (Å²) in [6, 6.07) is 8.95. The highest BCUT2D eigenvalue weighted by atomic mass is 127. The Bertz CT molecular complexity index is 559. The van der Waals surface area contributed by atoms with Crippen molar-refractivity contribution in [1.29, 1.82) is 0 Å². The molecule has 0 spiro atoms. The summed E-state index contributed by atoms with van der Waals surface area (Å²) >= 11 is 0. The van der Waals surface area contributed by atoms with E-state index >= 15 is 0 Å². The Labute approximate surface area is 189 Å². The molecule has 28 heavy (non-hydrogen) atoms. The third-order valence-corrected chi connectivity index (χ3v) is 4.71. The molecule has 0 atom stereocenters. The van der Waals surface area contributed by atoms with Crippen LogP contribution in [-0.4, -0.2) is 49.1 Å². The number of piperidine rings is 1. The largest absolute Gasteiger partial charge is 0.357 e. The molecular weight excluding hydrogens is 461 g/mol. The lowest BCUT2D eigenvalue weighted by molar-refractivity contribution is 0.221. The smallest absolute Gasteiger partial charge is 0.191 e. The van der Waals surface area contributed by atoms with Gasteiger partial charge in [-0.2, -0.15) is 0 Å². The van der Waals surface area contributed by atoms with Crippen LogP contribution in [0, 0.1) is 0 Å². The molecule has 3 N–H and O–H groups in total. The predicted molar refractivity (Wildman–Crippen MR) is 132 cm³/mol. The third-order valence-electron chi connectivity index (χ3n) is 4.71. The van der Waals surface area contributed by atoms with Gasteiger partial charge >= 0.3 is 0 Å². The maximum Gasteiger partial charge on any atom is 0.191 e. The number of guanidine groups is 1. The van der Waals surface area contributed by atoms with E-state index in [0.717, 1.165) is 32.1 Å². The quantitative estimate of drug-likeness (QED) is 0.220. The maximum absolute atomic E-state index is 4.72. The van der Waals surface area contributed by atoms with Gasteiger partial charge in [0.1, 0.15) is 0 Å². The fourth-order valence-corrected chi connectivity index (χ4v) is 3.26. The topological polar surface area (TPSA) is 51.7 Å². The van der Waals surface area contributed by atoms with E-state index in [0.29, 0.717) is 6.54 Å². The molecule has 1 aliphatic heterocycles. The van der Waals surface area contributed by atoms with Gasteiger partial charge in [0, 0.05) is 31.7 Å². The SMILES string of the molecule is CCNC(=NCc1ccc(CN2CCCCC2)cc1)NCCNC(C)(C)C.I. The first kappa shape index (κ1) is 25.2. The van der Waals surface area contributed by atoms with Crippen molar-refractivity contribution >= 4 is 29.9 Å². The average Bonchev–Trinajstić information content (AvgIpc) is 2.64. The van der Waals surface area contributed by atoms with E-state index in [2.05, 4.69) is 72.8 Å². The maximum atomic E-state index is 4.72. The summed E-state index contributed by atoms with van der Waals surface area (Å²) in [6.07, 6.45) is 4.08. The van der Waals surface area contributed by atoms with Gasteiger partial charge in [0.2, 0.25) is 0 Å². The first-order valence-electron chi connectivity index (χ1n) is 10.5. The van der Waals surface area contributed by atoms with Crippen LogP contribution in [0.1, 0.15) is 58.1 Å². The highest BCUT2D eigenvalue weighted by molar-refractivity contribution is 14.0. The van der Waals surface area contributed by atoms with Crippen LogP contribution in [0.5, 0.6) is 0 Å². The molecule has 160 valence electrons. The summed E-state index contributed by atoms with van der Waals surface area (Å²) in [5.41, 5.74) is 2.80. The Balaban J connectivity index is 0.00000392. The molecule has 1 aromatic rings. The van der Waals surface area contributed by atoms with Gasteiger partial charge in [0.15, 0.2) is 5.96 Å². The van der Waals surface area contributed by atoms with E-state index in [4.69, 9.17) is 4.99 Å². The number of halogens is 1. The summed E-state index contributed by atoms with van der Waals surface area (Å²) in [4.78, 5) is 7.28. The molecule has 5 nitrogen and oxygen atoms in total.